The number of hydrogen-bond acceptors (Lipinski definition) is 5. The van der Waals surface area contributed by atoms with Crippen LogP contribution in [-0.2, 0) is 15.4 Å². The summed E-state index contributed by atoms with van der Waals surface area (Å²) in [6, 6.07) is 8.35. The van der Waals surface area contributed by atoms with E-state index >= 15 is 0 Å². The molecule has 0 fully saturated rings. The van der Waals surface area contributed by atoms with Gasteiger partial charge in [0.1, 0.15) is 11.5 Å². The van der Waals surface area contributed by atoms with Crippen molar-refractivity contribution in [2.75, 3.05) is 6.61 Å². The minimum Gasteiger partial charge on any atom is -0.507 e. The van der Waals surface area contributed by atoms with Crippen LogP contribution in [0.3, 0.4) is 0 Å². The summed E-state index contributed by atoms with van der Waals surface area (Å²) in [4.78, 5) is 12.8. The molecule has 0 saturated carbocycles. The molecule has 0 saturated heterocycles. The number of aryl methyl sites for hydroxylation is 2. The Morgan fingerprint density at radius 2 is 1.24 bits per heavy atom. The number of aromatic hydroxyl groups is 1. The Bertz CT molecular complexity index is 1070. The first-order chi connectivity index (χ1) is 19.2. The van der Waals surface area contributed by atoms with Crippen molar-refractivity contribution in [1.82, 2.24) is 0 Å². The molecule has 6 heteroatoms. The highest BCUT2D eigenvalue weighted by Crippen LogP contribution is 2.45. The van der Waals surface area contributed by atoms with Gasteiger partial charge in [0, 0.05) is 20.9 Å². The summed E-state index contributed by atoms with van der Waals surface area (Å²) in [5, 5.41) is 10.7. The Kier molecular flexibility index (Phi) is 15.0. The van der Waals surface area contributed by atoms with Gasteiger partial charge in [0.15, 0.2) is 0 Å². The summed E-state index contributed by atoms with van der Waals surface area (Å²) in [6.45, 7) is 19.7. The first-order valence-corrected chi connectivity index (χ1v) is 17.7. The zero-order chi connectivity index (χ0) is 30.6. The lowest BCUT2D eigenvalue weighted by Crippen LogP contribution is -2.13. The molecule has 0 aliphatic heterocycles. The third-order valence-corrected chi connectivity index (χ3v) is 9.41. The Hall–Kier alpha value is -1.26. The van der Waals surface area contributed by atoms with Gasteiger partial charge >= 0.3 is 8.60 Å². The third-order valence-electron chi connectivity index (χ3n) is 7.52. The Balaban J connectivity index is 1.95. The van der Waals surface area contributed by atoms with Crippen molar-refractivity contribution in [3.63, 3.8) is 0 Å². The molecule has 1 unspecified atom stereocenters. The smallest absolute Gasteiger partial charge is 0.394 e. The summed E-state index contributed by atoms with van der Waals surface area (Å²) >= 11 is 1.70. The summed E-state index contributed by atoms with van der Waals surface area (Å²) < 4.78 is 11.7. The first-order valence-electron chi connectivity index (χ1n) is 15.7. The standard InChI is InChI=1S/C35H57O4PS/c1-10-11-12-13-14-15-16-17-18-19-20-21-38-40(37)39-31-23-26(2)32(25-29(31)34(4,5)6)41-28-22-27(3)33(36)30(24-28)35(7,8)9/h22-25,36-37H,10-21H2,1-9H3. The molecule has 0 amide bonds. The van der Waals surface area contributed by atoms with Gasteiger partial charge in [0.2, 0.25) is 0 Å². The van der Waals surface area contributed by atoms with E-state index in [1.165, 1.54) is 57.8 Å². The van der Waals surface area contributed by atoms with Gasteiger partial charge < -0.3 is 19.0 Å². The van der Waals surface area contributed by atoms with Gasteiger partial charge in [0.05, 0.1) is 6.61 Å². The maximum absolute atomic E-state index is 10.7. The summed E-state index contributed by atoms with van der Waals surface area (Å²) in [5.41, 5.74) is 3.63. The molecule has 0 aliphatic carbocycles. The van der Waals surface area contributed by atoms with E-state index in [1.54, 1.807) is 11.8 Å². The average Bonchev–Trinajstić information content (AvgIpc) is 2.86. The molecule has 1 atom stereocenters. The van der Waals surface area contributed by atoms with Crippen LogP contribution in [0, 0.1) is 13.8 Å². The van der Waals surface area contributed by atoms with E-state index in [1.807, 2.05) is 19.1 Å². The van der Waals surface area contributed by atoms with Gasteiger partial charge in [-0.3, -0.25) is 0 Å². The first kappa shape index (κ1) is 35.9. The van der Waals surface area contributed by atoms with Crippen LogP contribution in [0.5, 0.6) is 11.5 Å². The van der Waals surface area contributed by atoms with E-state index in [2.05, 4.69) is 67.5 Å². The Morgan fingerprint density at radius 1 is 0.707 bits per heavy atom. The van der Waals surface area contributed by atoms with Crippen LogP contribution in [0.1, 0.15) is 141 Å². The van der Waals surface area contributed by atoms with Crippen molar-refractivity contribution in [3.05, 3.63) is 46.5 Å². The lowest BCUT2D eigenvalue weighted by Gasteiger charge is -2.26. The number of phenols is 1. The zero-order valence-electron chi connectivity index (χ0n) is 27.4. The van der Waals surface area contributed by atoms with Crippen molar-refractivity contribution in [3.8, 4) is 11.5 Å². The highest BCUT2D eigenvalue weighted by molar-refractivity contribution is 7.99. The van der Waals surface area contributed by atoms with Crippen LogP contribution < -0.4 is 4.52 Å². The highest BCUT2D eigenvalue weighted by Gasteiger charge is 2.25. The monoisotopic (exact) mass is 604 g/mol. The maximum atomic E-state index is 10.7. The zero-order valence-corrected chi connectivity index (χ0v) is 29.1. The minimum absolute atomic E-state index is 0.152. The second-order valence-electron chi connectivity index (χ2n) is 13.6. The molecular weight excluding hydrogens is 547 g/mol. The topological polar surface area (TPSA) is 58.9 Å². The second kappa shape index (κ2) is 17.1. The van der Waals surface area contributed by atoms with Gasteiger partial charge in [-0.05, 0) is 66.5 Å². The normalized spacial score (nSPS) is 13.0. The van der Waals surface area contributed by atoms with Gasteiger partial charge in [-0.1, -0.05) is 124 Å². The number of benzene rings is 2. The predicted molar refractivity (Wildman–Crippen MR) is 178 cm³/mol. The number of phenolic OH excluding ortho intramolecular Hbond substituents is 1. The fraction of sp³-hybridized carbons (Fsp3) is 0.657. The van der Waals surface area contributed by atoms with E-state index in [-0.39, 0.29) is 10.8 Å². The molecule has 0 bridgehead atoms. The van der Waals surface area contributed by atoms with Crippen LogP contribution in [0.15, 0.2) is 34.1 Å². The van der Waals surface area contributed by atoms with Crippen LogP contribution in [0.4, 0.5) is 0 Å². The molecular formula is C35H57O4PS. The molecule has 0 heterocycles. The number of rotatable bonds is 17. The molecule has 4 nitrogen and oxygen atoms in total. The fourth-order valence-corrected chi connectivity index (χ4v) is 6.68. The quantitative estimate of drug-likeness (QED) is 0.139. The molecule has 0 radical (unpaired) electrons. The molecule has 232 valence electrons. The Labute approximate surface area is 257 Å². The minimum atomic E-state index is -1.99. The number of unbranched alkanes of at least 4 members (excludes halogenated alkanes) is 10. The van der Waals surface area contributed by atoms with Gasteiger partial charge in [-0.25, -0.2) is 0 Å². The van der Waals surface area contributed by atoms with E-state index in [0.29, 0.717) is 18.1 Å². The summed E-state index contributed by atoms with van der Waals surface area (Å²) in [7, 11) is -1.99. The lowest BCUT2D eigenvalue weighted by atomic mass is 9.85. The molecule has 2 aromatic rings. The van der Waals surface area contributed by atoms with E-state index in [9.17, 15) is 10.00 Å². The molecule has 0 aromatic heterocycles. The van der Waals surface area contributed by atoms with Crippen LogP contribution >= 0.6 is 20.4 Å². The lowest BCUT2D eigenvalue weighted by molar-refractivity contribution is 0.252. The summed E-state index contributed by atoms with van der Waals surface area (Å²) in [6.07, 6.45) is 14.1. The van der Waals surface area contributed by atoms with Crippen LogP contribution in [0.2, 0.25) is 0 Å². The molecule has 0 spiro atoms. The van der Waals surface area contributed by atoms with Crippen molar-refractivity contribution < 1.29 is 19.0 Å². The Morgan fingerprint density at radius 3 is 1.78 bits per heavy atom. The van der Waals surface area contributed by atoms with Gasteiger partial charge in [0.25, 0.3) is 0 Å². The highest BCUT2D eigenvalue weighted by atomic mass is 32.2. The molecule has 2 N–H and O–H groups in total. The fourth-order valence-electron chi connectivity index (χ4n) is 4.96. The van der Waals surface area contributed by atoms with E-state index in [0.717, 1.165) is 44.9 Å². The van der Waals surface area contributed by atoms with Crippen LogP contribution in [-0.4, -0.2) is 16.6 Å². The van der Waals surface area contributed by atoms with E-state index in [4.69, 9.17) is 9.05 Å². The molecule has 2 rings (SSSR count). The van der Waals surface area contributed by atoms with Crippen molar-refractivity contribution >= 4 is 20.4 Å². The van der Waals surface area contributed by atoms with Gasteiger partial charge in [-0.15, -0.1) is 0 Å². The second-order valence-corrected chi connectivity index (χ2v) is 15.6. The van der Waals surface area contributed by atoms with Crippen LogP contribution in [0.25, 0.3) is 0 Å². The van der Waals surface area contributed by atoms with Gasteiger partial charge in [-0.2, -0.15) is 0 Å². The molecule has 2 aromatic carbocycles. The van der Waals surface area contributed by atoms with Crippen molar-refractivity contribution in [2.45, 2.75) is 154 Å². The summed E-state index contributed by atoms with van der Waals surface area (Å²) in [5.74, 6) is 1.06. The SMILES string of the molecule is CCCCCCCCCCCCCOP(O)Oc1cc(C)c(Sc2cc(C)c(O)c(C(C)(C)C)c2)cc1C(C)(C)C. The van der Waals surface area contributed by atoms with Crippen molar-refractivity contribution in [1.29, 1.82) is 0 Å². The van der Waals surface area contributed by atoms with E-state index < -0.39 is 8.60 Å². The molecule has 41 heavy (non-hydrogen) atoms. The predicted octanol–water partition coefficient (Wildman–Crippen LogP) is 11.7. The average molecular weight is 605 g/mol. The third kappa shape index (κ3) is 12.5. The number of hydrogen-bond donors (Lipinski definition) is 2. The van der Waals surface area contributed by atoms with Crippen molar-refractivity contribution in [2.24, 2.45) is 0 Å². The molecule has 0 aliphatic rings. The maximum Gasteiger partial charge on any atom is 0.394 e. The largest absolute Gasteiger partial charge is 0.507 e.